The summed E-state index contributed by atoms with van der Waals surface area (Å²) in [4.78, 5) is 1.30. The number of hydrogen-bond donors (Lipinski definition) is 1. The molecule has 5 heteroatoms. The average Bonchev–Trinajstić information content (AvgIpc) is 2.91. The van der Waals surface area contributed by atoms with E-state index in [1.54, 1.807) is 0 Å². The Balaban J connectivity index is 1.89. The van der Waals surface area contributed by atoms with Crippen molar-refractivity contribution >= 4 is 27.7 Å². The maximum Gasteiger partial charge on any atom is 0.0522 e. The predicted molar refractivity (Wildman–Crippen MR) is 89.3 cm³/mol. The van der Waals surface area contributed by atoms with E-state index in [-0.39, 0.29) is 0 Å². The van der Waals surface area contributed by atoms with Gasteiger partial charge in [-0.25, -0.2) is 0 Å². The van der Waals surface area contributed by atoms with Crippen molar-refractivity contribution in [3.8, 4) is 0 Å². The summed E-state index contributed by atoms with van der Waals surface area (Å²) >= 11 is 5.39. The largest absolute Gasteiger partial charge is 0.316 e. The molecule has 0 aliphatic carbocycles. The third kappa shape index (κ3) is 4.65. The van der Waals surface area contributed by atoms with Gasteiger partial charge in [0.05, 0.1) is 6.20 Å². The van der Waals surface area contributed by atoms with Gasteiger partial charge in [-0.2, -0.15) is 5.10 Å². The Kier molecular flexibility index (Phi) is 6.13. The van der Waals surface area contributed by atoms with E-state index >= 15 is 0 Å². The summed E-state index contributed by atoms with van der Waals surface area (Å²) in [7, 11) is 2.02. The molecule has 0 radical (unpaired) electrons. The minimum atomic E-state index is 0.452. The minimum absolute atomic E-state index is 0.452. The van der Waals surface area contributed by atoms with E-state index in [1.807, 2.05) is 29.7 Å². The van der Waals surface area contributed by atoms with Crippen LogP contribution in [0, 0.1) is 0 Å². The number of likely N-dealkylation sites (N-methyl/N-ethyl adjacent to an activating group) is 1. The van der Waals surface area contributed by atoms with Crippen LogP contribution >= 0.6 is 27.7 Å². The fourth-order valence-corrected chi connectivity index (χ4v) is 3.58. The van der Waals surface area contributed by atoms with Gasteiger partial charge < -0.3 is 5.32 Å². The van der Waals surface area contributed by atoms with Crippen molar-refractivity contribution in [1.29, 1.82) is 0 Å². The molecule has 20 heavy (non-hydrogen) atoms. The maximum absolute atomic E-state index is 4.33. The van der Waals surface area contributed by atoms with E-state index in [4.69, 9.17) is 0 Å². The highest BCUT2D eigenvalue weighted by molar-refractivity contribution is 9.10. The Morgan fingerprint density at radius 2 is 2.30 bits per heavy atom. The molecule has 2 aromatic rings. The number of aryl methyl sites for hydroxylation is 1. The van der Waals surface area contributed by atoms with E-state index in [1.165, 1.54) is 10.5 Å². The highest BCUT2D eigenvalue weighted by Gasteiger charge is 2.09. The van der Waals surface area contributed by atoms with Gasteiger partial charge in [0.2, 0.25) is 0 Å². The molecule has 108 valence electrons. The molecule has 0 fully saturated rings. The fraction of sp³-hybridized carbons (Fsp3) is 0.400. The lowest BCUT2D eigenvalue weighted by molar-refractivity contribution is 0.615. The van der Waals surface area contributed by atoms with Crippen LogP contribution in [-0.4, -0.2) is 28.6 Å². The number of halogens is 1. The van der Waals surface area contributed by atoms with Gasteiger partial charge in [0.1, 0.15) is 0 Å². The molecule has 3 nitrogen and oxygen atoms in total. The molecule has 1 aromatic carbocycles. The zero-order chi connectivity index (χ0) is 14.4. The number of aromatic nitrogens is 2. The van der Waals surface area contributed by atoms with E-state index in [0.29, 0.717) is 6.04 Å². The van der Waals surface area contributed by atoms with E-state index in [9.17, 15) is 0 Å². The molecule has 1 unspecified atom stereocenters. The molecular formula is C15H20BrN3S. The molecule has 2 rings (SSSR count). The number of hydrogen-bond acceptors (Lipinski definition) is 3. The van der Waals surface area contributed by atoms with Crippen LogP contribution < -0.4 is 5.32 Å². The summed E-state index contributed by atoms with van der Waals surface area (Å²) in [5.41, 5.74) is 1.29. The lowest BCUT2D eigenvalue weighted by Crippen LogP contribution is -2.29. The second-order valence-electron chi connectivity index (χ2n) is 4.66. The first-order chi connectivity index (χ1) is 9.71. The third-order valence-corrected chi connectivity index (χ3v) is 4.80. The zero-order valence-electron chi connectivity index (χ0n) is 11.8. The highest BCUT2D eigenvalue weighted by Crippen LogP contribution is 2.23. The second-order valence-corrected chi connectivity index (χ2v) is 6.67. The van der Waals surface area contributed by atoms with Crippen molar-refractivity contribution in [3.05, 3.63) is 46.7 Å². The van der Waals surface area contributed by atoms with Crippen LogP contribution in [0.2, 0.25) is 0 Å². The van der Waals surface area contributed by atoms with Crippen molar-refractivity contribution in [1.82, 2.24) is 15.1 Å². The van der Waals surface area contributed by atoms with Gasteiger partial charge in [-0.15, -0.1) is 11.8 Å². The lowest BCUT2D eigenvalue weighted by atomic mass is 10.1. The molecule has 0 aliphatic rings. The monoisotopic (exact) mass is 353 g/mol. The SMILES string of the molecule is CCn1cc(CC(CSc2cccc(Br)c2)NC)cn1. The molecular weight excluding hydrogens is 334 g/mol. The zero-order valence-corrected chi connectivity index (χ0v) is 14.2. The van der Waals surface area contributed by atoms with Gasteiger partial charge >= 0.3 is 0 Å². The molecule has 0 spiro atoms. The van der Waals surface area contributed by atoms with Crippen LogP contribution in [0.5, 0.6) is 0 Å². The van der Waals surface area contributed by atoms with Crippen LogP contribution in [0.1, 0.15) is 12.5 Å². The first-order valence-corrected chi connectivity index (χ1v) is 8.56. The van der Waals surface area contributed by atoms with E-state index in [0.717, 1.165) is 23.2 Å². The lowest BCUT2D eigenvalue weighted by Gasteiger charge is -2.14. The topological polar surface area (TPSA) is 29.9 Å². The number of benzene rings is 1. The molecule has 1 N–H and O–H groups in total. The van der Waals surface area contributed by atoms with Gasteiger partial charge in [-0.1, -0.05) is 22.0 Å². The maximum atomic E-state index is 4.33. The van der Waals surface area contributed by atoms with Crippen LogP contribution in [-0.2, 0) is 13.0 Å². The van der Waals surface area contributed by atoms with Crippen molar-refractivity contribution in [3.63, 3.8) is 0 Å². The summed E-state index contributed by atoms with van der Waals surface area (Å²) in [5, 5.41) is 7.72. The molecule has 1 atom stereocenters. The van der Waals surface area contributed by atoms with Gasteiger partial charge in [-0.3, -0.25) is 4.68 Å². The Morgan fingerprint density at radius 1 is 1.45 bits per heavy atom. The summed E-state index contributed by atoms with van der Waals surface area (Å²) in [6.45, 7) is 3.03. The summed E-state index contributed by atoms with van der Waals surface area (Å²) in [6, 6.07) is 8.89. The van der Waals surface area contributed by atoms with E-state index in [2.05, 4.69) is 63.7 Å². The number of rotatable bonds is 7. The first kappa shape index (κ1) is 15.6. The second kappa shape index (κ2) is 7.86. The van der Waals surface area contributed by atoms with Crippen LogP contribution in [0.25, 0.3) is 0 Å². The first-order valence-electron chi connectivity index (χ1n) is 6.78. The summed E-state index contributed by atoms with van der Waals surface area (Å²) in [5.74, 6) is 1.05. The Hall–Kier alpha value is -0.780. The van der Waals surface area contributed by atoms with Gasteiger partial charge in [0.25, 0.3) is 0 Å². The molecule has 0 bridgehead atoms. The Bertz CT molecular complexity index is 541. The van der Waals surface area contributed by atoms with Crippen molar-refractivity contribution in [2.45, 2.75) is 30.8 Å². The summed E-state index contributed by atoms with van der Waals surface area (Å²) in [6.07, 6.45) is 5.11. The number of nitrogens with zero attached hydrogens (tertiary/aromatic N) is 2. The van der Waals surface area contributed by atoms with Crippen molar-refractivity contribution in [2.75, 3.05) is 12.8 Å². The normalized spacial score (nSPS) is 12.6. The number of nitrogens with one attached hydrogen (secondary N) is 1. The molecule has 0 saturated heterocycles. The van der Waals surface area contributed by atoms with Crippen molar-refractivity contribution < 1.29 is 0 Å². The molecule has 0 saturated carbocycles. The van der Waals surface area contributed by atoms with Gasteiger partial charge in [0, 0.05) is 33.9 Å². The van der Waals surface area contributed by atoms with E-state index < -0.39 is 0 Å². The fourth-order valence-electron chi connectivity index (χ4n) is 1.97. The predicted octanol–water partition coefficient (Wildman–Crippen LogP) is 3.59. The molecule has 1 heterocycles. The molecule has 0 aliphatic heterocycles. The average molecular weight is 354 g/mol. The third-order valence-electron chi connectivity index (χ3n) is 3.15. The van der Waals surface area contributed by atoms with Crippen LogP contribution in [0.4, 0.5) is 0 Å². The molecule has 0 amide bonds. The Morgan fingerprint density at radius 3 is 2.95 bits per heavy atom. The highest BCUT2D eigenvalue weighted by atomic mass is 79.9. The Labute approximate surface area is 133 Å². The standard InChI is InChI=1S/C15H20BrN3S/c1-3-19-10-12(9-18-19)7-14(17-2)11-20-15-6-4-5-13(16)8-15/h4-6,8-10,14,17H,3,7,11H2,1-2H3. The smallest absolute Gasteiger partial charge is 0.0522 e. The number of thioether (sulfide) groups is 1. The van der Waals surface area contributed by atoms with Crippen LogP contribution in [0.3, 0.4) is 0 Å². The quantitative estimate of drug-likeness (QED) is 0.771. The molecule has 1 aromatic heterocycles. The summed E-state index contributed by atoms with van der Waals surface area (Å²) < 4.78 is 3.11. The van der Waals surface area contributed by atoms with Gasteiger partial charge in [0.15, 0.2) is 0 Å². The van der Waals surface area contributed by atoms with Gasteiger partial charge in [-0.05, 0) is 44.2 Å². The van der Waals surface area contributed by atoms with Crippen LogP contribution in [0.15, 0.2) is 46.0 Å². The minimum Gasteiger partial charge on any atom is -0.316 e. The van der Waals surface area contributed by atoms with Crippen molar-refractivity contribution in [2.24, 2.45) is 0 Å².